The summed E-state index contributed by atoms with van der Waals surface area (Å²) in [5.74, 6) is 0. The molecule has 2 aromatic rings. The van der Waals surface area contributed by atoms with E-state index < -0.39 is 0 Å². The van der Waals surface area contributed by atoms with Crippen molar-refractivity contribution in [2.24, 2.45) is 0 Å². The molecule has 76 valence electrons. The molecular formula is C11H10ClN3. The van der Waals surface area contributed by atoms with Gasteiger partial charge >= 0.3 is 0 Å². The maximum atomic E-state index is 5.82. The van der Waals surface area contributed by atoms with Crippen molar-refractivity contribution in [1.29, 1.82) is 0 Å². The zero-order valence-electron chi connectivity index (χ0n) is 8.24. The first-order valence-corrected chi connectivity index (χ1v) is 4.89. The number of hydrogen-bond donors (Lipinski definition) is 1. The molecule has 0 fully saturated rings. The molecule has 0 saturated carbocycles. The van der Waals surface area contributed by atoms with Crippen LogP contribution in [0.2, 0.25) is 5.15 Å². The summed E-state index contributed by atoms with van der Waals surface area (Å²) in [4.78, 5) is 8.13. The monoisotopic (exact) mass is 219 g/mol. The molecule has 3 nitrogen and oxygen atoms in total. The van der Waals surface area contributed by atoms with Crippen molar-refractivity contribution >= 4 is 17.3 Å². The van der Waals surface area contributed by atoms with Crippen LogP contribution in [0, 0.1) is 6.92 Å². The number of hydrogen-bond acceptors (Lipinski definition) is 3. The third kappa shape index (κ3) is 1.92. The van der Waals surface area contributed by atoms with E-state index in [1.54, 1.807) is 12.4 Å². The molecule has 0 aliphatic heterocycles. The predicted octanol–water partition coefficient (Wildman–Crippen LogP) is 2.69. The molecule has 0 amide bonds. The van der Waals surface area contributed by atoms with Crippen LogP contribution in [0.25, 0.3) is 11.1 Å². The van der Waals surface area contributed by atoms with Crippen LogP contribution in [0.3, 0.4) is 0 Å². The second kappa shape index (κ2) is 3.87. The Kier molecular flexibility index (Phi) is 2.56. The van der Waals surface area contributed by atoms with E-state index in [1.807, 2.05) is 25.1 Å². The first-order valence-electron chi connectivity index (χ1n) is 4.51. The lowest BCUT2D eigenvalue weighted by molar-refractivity contribution is 1.20. The normalized spacial score (nSPS) is 10.3. The minimum Gasteiger partial charge on any atom is -0.396 e. The molecule has 0 aliphatic carbocycles. The number of nitrogens with zero attached hydrogens (tertiary/aromatic N) is 2. The van der Waals surface area contributed by atoms with Crippen LogP contribution in [-0.4, -0.2) is 9.97 Å². The van der Waals surface area contributed by atoms with E-state index in [9.17, 15) is 0 Å². The molecular weight excluding hydrogens is 210 g/mol. The van der Waals surface area contributed by atoms with E-state index >= 15 is 0 Å². The largest absolute Gasteiger partial charge is 0.396 e. The molecule has 0 atom stereocenters. The minimum absolute atomic E-state index is 0.352. The summed E-state index contributed by atoms with van der Waals surface area (Å²) in [6.07, 6.45) is 3.47. The number of aromatic nitrogens is 2. The number of rotatable bonds is 1. The Morgan fingerprint density at radius 2 is 1.93 bits per heavy atom. The summed E-state index contributed by atoms with van der Waals surface area (Å²) in [5, 5.41) is 0.352. The van der Waals surface area contributed by atoms with Gasteiger partial charge in [-0.15, -0.1) is 0 Å². The molecule has 0 bridgehead atoms. The zero-order valence-corrected chi connectivity index (χ0v) is 8.99. The van der Waals surface area contributed by atoms with Crippen molar-refractivity contribution < 1.29 is 0 Å². The second-order valence-electron chi connectivity index (χ2n) is 3.24. The summed E-state index contributed by atoms with van der Waals surface area (Å²) in [6, 6.07) is 5.66. The average Bonchev–Trinajstić information content (AvgIpc) is 2.25. The van der Waals surface area contributed by atoms with Gasteiger partial charge in [0.1, 0.15) is 0 Å². The number of halogens is 1. The predicted molar refractivity (Wildman–Crippen MR) is 61.6 cm³/mol. The fourth-order valence-corrected chi connectivity index (χ4v) is 1.60. The number of anilines is 1. The Hall–Kier alpha value is -1.61. The molecule has 2 rings (SSSR count). The van der Waals surface area contributed by atoms with E-state index in [2.05, 4.69) is 9.97 Å². The van der Waals surface area contributed by atoms with E-state index in [0.717, 1.165) is 16.8 Å². The zero-order chi connectivity index (χ0) is 10.8. The van der Waals surface area contributed by atoms with Gasteiger partial charge in [-0.2, -0.15) is 0 Å². The lowest BCUT2D eigenvalue weighted by atomic mass is 10.1. The first kappa shape index (κ1) is 9.93. The van der Waals surface area contributed by atoms with Gasteiger partial charge in [-0.1, -0.05) is 11.6 Å². The van der Waals surface area contributed by atoms with Crippen LogP contribution in [0.5, 0.6) is 0 Å². The van der Waals surface area contributed by atoms with Gasteiger partial charge in [-0.05, 0) is 30.7 Å². The SMILES string of the molecule is Cc1nc(Cl)c(N)cc1-c1ccncc1. The average molecular weight is 220 g/mol. The van der Waals surface area contributed by atoms with Gasteiger partial charge in [0.15, 0.2) is 5.15 Å². The number of nitrogens with two attached hydrogens (primary N) is 1. The molecule has 2 aromatic heterocycles. The number of pyridine rings is 2. The first-order chi connectivity index (χ1) is 7.18. The highest BCUT2D eigenvalue weighted by molar-refractivity contribution is 6.31. The molecule has 15 heavy (non-hydrogen) atoms. The molecule has 2 N–H and O–H groups in total. The minimum atomic E-state index is 0.352. The topological polar surface area (TPSA) is 51.8 Å². The van der Waals surface area contributed by atoms with Gasteiger partial charge < -0.3 is 5.73 Å². The van der Waals surface area contributed by atoms with Gasteiger partial charge in [-0.3, -0.25) is 4.98 Å². The third-order valence-electron chi connectivity index (χ3n) is 2.19. The smallest absolute Gasteiger partial charge is 0.152 e. The summed E-state index contributed by atoms with van der Waals surface area (Å²) >= 11 is 5.82. The van der Waals surface area contributed by atoms with Gasteiger partial charge in [0.2, 0.25) is 0 Å². The highest BCUT2D eigenvalue weighted by atomic mass is 35.5. The van der Waals surface area contributed by atoms with Gasteiger partial charge in [0.25, 0.3) is 0 Å². The maximum absolute atomic E-state index is 5.82. The van der Waals surface area contributed by atoms with Crippen molar-refractivity contribution in [3.8, 4) is 11.1 Å². The molecule has 0 aliphatic rings. The van der Waals surface area contributed by atoms with Crippen LogP contribution in [0.15, 0.2) is 30.6 Å². The standard InChI is InChI=1S/C11H10ClN3/c1-7-9(6-10(13)11(12)15-7)8-2-4-14-5-3-8/h2-6H,13H2,1H3. The van der Waals surface area contributed by atoms with Crippen LogP contribution in [0.1, 0.15) is 5.69 Å². The molecule has 0 saturated heterocycles. The molecule has 0 radical (unpaired) electrons. The van der Waals surface area contributed by atoms with Crippen LogP contribution < -0.4 is 5.73 Å². The fraction of sp³-hybridized carbons (Fsp3) is 0.0909. The Morgan fingerprint density at radius 3 is 2.60 bits per heavy atom. The number of nitrogen functional groups attached to an aromatic ring is 1. The van der Waals surface area contributed by atoms with E-state index in [-0.39, 0.29) is 0 Å². The summed E-state index contributed by atoms with van der Waals surface area (Å²) in [7, 11) is 0. The van der Waals surface area contributed by atoms with Crippen molar-refractivity contribution in [2.75, 3.05) is 5.73 Å². The van der Waals surface area contributed by atoms with Crippen molar-refractivity contribution in [2.45, 2.75) is 6.92 Å². The quantitative estimate of drug-likeness (QED) is 0.751. The highest BCUT2D eigenvalue weighted by Gasteiger charge is 2.06. The Morgan fingerprint density at radius 1 is 1.27 bits per heavy atom. The molecule has 2 heterocycles. The Labute approximate surface area is 92.9 Å². The fourth-order valence-electron chi connectivity index (χ4n) is 1.42. The van der Waals surface area contributed by atoms with E-state index in [4.69, 9.17) is 17.3 Å². The lowest BCUT2D eigenvalue weighted by Crippen LogP contribution is -1.94. The molecule has 4 heteroatoms. The third-order valence-corrected chi connectivity index (χ3v) is 2.49. The number of aryl methyl sites for hydroxylation is 1. The van der Waals surface area contributed by atoms with Gasteiger partial charge in [-0.25, -0.2) is 4.98 Å². The van der Waals surface area contributed by atoms with E-state index in [0.29, 0.717) is 10.8 Å². The maximum Gasteiger partial charge on any atom is 0.152 e. The lowest BCUT2D eigenvalue weighted by Gasteiger charge is -2.07. The Bertz CT molecular complexity index is 483. The van der Waals surface area contributed by atoms with Gasteiger partial charge in [0, 0.05) is 23.7 Å². The van der Waals surface area contributed by atoms with Crippen molar-refractivity contribution in [3.05, 3.63) is 41.4 Å². The summed E-state index contributed by atoms with van der Waals surface area (Å²) < 4.78 is 0. The van der Waals surface area contributed by atoms with Crippen molar-refractivity contribution in [1.82, 2.24) is 9.97 Å². The van der Waals surface area contributed by atoms with Crippen LogP contribution in [0.4, 0.5) is 5.69 Å². The summed E-state index contributed by atoms with van der Waals surface area (Å²) in [5.41, 5.74) is 9.10. The molecule has 0 spiro atoms. The van der Waals surface area contributed by atoms with Crippen LogP contribution >= 0.6 is 11.6 Å². The van der Waals surface area contributed by atoms with Gasteiger partial charge in [0.05, 0.1) is 5.69 Å². The molecule has 0 aromatic carbocycles. The van der Waals surface area contributed by atoms with E-state index in [1.165, 1.54) is 0 Å². The molecule has 0 unspecified atom stereocenters. The van der Waals surface area contributed by atoms with Crippen molar-refractivity contribution in [3.63, 3.8) is 0 Å². The highest BCUT2D eigenvalue weighted by Crippen LogP contribution is 2.27. The Balaban J connectivity index is 2.59. The second-order valence-corrected chi connectivity index (χ2v) is 3.60. The summed E-state index contributed by atoms with van der Waals surface area (Å²) in [6.45, 7) is 1.90. The van der Waals surface area contributed by atoms with Crippen LogP contribution in [-0.2, 0) is 0 Å².